The van der Waals surface area contributed by atoms with Crippen molar-refractivity contribution in [1.82, 2.24) is 0 Å². The van der Waals surface area contributed by atoms with Crippen molar-refractivity contribution in [2.45, 2.75) is 6.42 Å². The highest BCUT2D eigenvalue weighted by Gasteiger charge is 2.04. The van der Waals surface area contributed by atoms with E-state index in [1.807, 2.05) is 0 Å². The van der Waals surface area contributed by atoms with E-state index in [0.29, 0.717) is 43.6 Å². The molecule has 0 aromatic heterocycles. The number of anilines is 1. The van der Waals surface area contributed by atoms with Crippen LogP contribution in [0.3, 0.4) is 0 Å². The lowest BCUT2D eigenvalue weighted by Gasteiger charge is -2.11. The Kier molecular flexibility index (Phi) is 6.98. The highest BCUT2D eigenvalue weighted by atomic mass is 16.5. The van der Waals surface area contributed by atoms with Crippen LogP contribution in [0.2, 0.25) is 0 Å². The molecule has 0 heterocycles. The molecule has 5 heteroatoms. The number of rotatable bonds is 9. The highest BCUT2D eigenvalue weighted by Crippen LogP contribution is 2.28. The molecule has 0 bridgehead atoms. The Labute approximate surface area is 108 Å². The summed E-state index contributed by atoms with van der Waals surface area (Å²) in [7, 11) is 3.26. The second-order valence-electron chi connectivity index (χ2n) is 3.72. The first-order chi connectivity index (χ1) is 8.77. The van der Waals surface area contributed by atoms with Gasteiger partial charge in [-0.1, -0.05) is 0 Å². The zero-order valence-corrected chi connectivity index (χ0v) is 11.0. The van der Waals surface area contributed by atoms with Gasteiger partial charge in [0.25, 0.3) is 0 Å². The van der Waals surface area contributed by atoms with Gasteiger partial charge in [-0.2, -0.15) is 0 Å². The monoisotopic (exact) mass is 255 g/mol. The molecule has 0 atom stereocenters. The predicted octanol–water partition coefficient (Wildman–Crippen LogP) is 1.71. The summed E-state index contributed by atoms with van der Waals surface area (Å²) in [6.07, 6.45) is 0.891. The third-order valence-electron chi connectivity index (χ3n) is 2.31. The van der Waals surface area contributed by atoms with Crippen molar-refractivity contribution in [1.29, 1.82) is 0 Å². The minimum absolute atomic E-state index is 0.479. The van der Waals surface area contributed by atoms with Gasteiger partial charge in [-0.25, -0.2) is 0 Å². The normalized spacial score (nSPS) is 10.3. The van der Waals surface area contributed by atoms with Crippen LogP contribution in [0.1, 0.15) is 6.42 Å². The second kappa shape index (κ2) is 8.60. The van der Waals surface area contributed by atoms with Crippen LogP contribution in [0, 0.1) is 0 Å². The smallest absolute Gasteiger partial charge is 0.162 e. The molecular formula is C13H21NO4. The molecular weight excluding hydrogens is 234 g/mol. The van der Waals surface area contributed by atoms with Crippen molar-refractivity contribution < 1.29 is 18.9 Å². The van der Waals surface area contributed by atoms with E-state index in [9.17, 15) is 0 Å². The molecule has 0 saturated heterocycles. The lowest BCUT2D eigenvalue weighted by Crippen LogP contribution is -2.09. The summed E-state index contributed by atoms with van der Waals surface area (Å²) in [5.74, 6) is 1.31. The number of hydrogen-bond acceptors (Lipinski definition) is 5. The first-order valence-corrected chi connectivity index (χ1v) is 5.91. The molecule has 0 saturated carbocycles. The lowest BCUT2D eigenvalue weighted by molar-refractivity contribution is 0.0799. The molecule has 1 aromatic rings. The molecule has 0 aliphatic heterocycles. The Morgan fingerprint density at radius 1 is 1.00 bits per heavy atom. The maximum Gasteiger partial charge on any atom is 0.162 e. The zero-order chi connectivity index (χ0) is 13.2. The average Bonchev–Trinajstić information content (AvgIpc) is 2.39. The lowest BCUT2D eigenvalue weighted by atomic mass is 10.3. The van der Waals surface area contributed by atoms with Crippen LogP contribution in [0.5, 0.6) is 11.5 Å². The van der Waals surface area contributed by atoms with Gasteiger partial charge in [0.05, 0.1) is 13.7 Å². The molecule has 18 heavy (non-hydrogen) atoms. The Bertz CT molecular complexity index is 344. The van der Waals surface area contributed by atoms with Crippen molar-refractivity contribution in [2.75, 3.05) is 46.4 Å². The summed E-state index contributed by atoms with van der Waals surface area (Å²) < 4.78 is 21.0. The van der Waals surface area contributed by atoms with Gasteiger partial charge in [-0.05, 0) is 18.6 Å². The third kappa shape index (κ3) is 5.25. The van der Waals surface area contributed by atoms with Crippen molar-refractivity contribution >= 4 is 5.69 Å². The predicted molar refractivity (Wildman–Crippen MR) is 70.2 cm³/mol. The van der Waals surface area contributed by atoms with Crippen LogP contribution in [0.25, 0.3) is 0 Å². The standard InChI is InChI=1S/C13H21NO4/c1-15-6-3-7-17-8-9-18-12-5-4-11(14)10-13(12)16-2/h4-5,10H,3,6-9,14H2,1-2H3. The number of ether oxygens (including phenoxy) is 4. The number of hydrogen-bond donors (Lipinski definition) is 1. The van der Waals surface area contributed by atoms with E-state index in [2.05, 4.69) is 0 Å². The molecule has 0 fully saturated rings. The molecule has 1 aromatic carbocycles. The van der Waals surface area contributed by atoms with Gasteiger partial charge in [-0.15, -0.1) is 0 Å². The van der Waals surface area contributed by atoms with Gasteiger partial charge in [-0.3, -0.25) is 0 Å². The Morgan fingerprint density at radius 3 is 2.56 bits per heavy atom. The van der Waals surface area contributed by atoms with Crippen molar-refractivity contribution in [3.05, 3.63) is 18.2 Å². The van der Waals surface area contributed by atoms with Crippen LogP contribution in [-0.4, -0.2) is 40.6 Å². The van der Waals surface area contributed by atoms with Gasteiger partial charge < -0.3 is 24.7 Å². The number of benzene rings is 1. The van der Waals surface area contributed by atoms with Crippen LogP contribution >= 0.6 is 0 Å². The molecule has 102 valence electrons. The van der Waals surface area contributed by atoms with Crippen LogP contribution in [0.15, 0.2) is 18.2 Å². The van der Waals surface area contributed by atoms with Crippen molar-refractivity contribution in [3.63, 3.8) is 0 Å². The van der Waals surface area contributed by atoms with Gasteiger partial charge in [0.2, 0.25) is 0 Å². The molecule has 0 unspecified atom stereocenters. The van der Waals surface area contributed by atoms with E-state index < -0.39 is 0 Å². The third-order valence-corrected chi connectivity index (χ3v) is 2.31. The van der Waals surface area contributed by atoms with Gasteiger partial charge in [0, 0.05) is 32.1 Å². The van der Waals surface area contributed by atoms with E-state index >= 15 is 0 Å². The highest BCUT2D eigenvalue weighted by molar-refractivity contribution is 5.51. The SMILES string of the molecule is COCCCOCCOc1ccc(N)cc1OC. The fraction of sp³-hybridized carbons (Fsp3) is 0.538. The van der Waals surface area contributed by atoms with Crippen LogP contribution in [0.4, 0.5) is 5.69 Å². The van der Waals surface area contributed by atoms with Gasteiger partial charge in [0.15, 0.2) is 11.5 Å². The summed E-state index contributed by atoms with van der Waals surface area (Å²) >= 11 is 0. The fourth-order valence-corrected chi connectivity index (χ4v) is 1.42. The van der Waals surface area contributed by atoms with Crippen LogP contribution < -0.4 is 15.2 Å². The number of nitrogen functional groups attached to an aromatic ring is 1. The second-order valence-corrected chi connectivity index (χ2v) is 3.72. The Morgan fingerprint density at radius 2 is 1.83 bits per heavy atom. The zero-order valence-electron chi connectivity index (χ0n) is 11.0. The van der Waals surface area contributed by atoms with E-state index in [1.54, 1.807) is 32.4 Å². The average molecular weight is 255 g/mol. The largest absolute Gasteiger partial charge is 0.493 e. The summed E-state index contributed by atoms with van der Waals surface area (Å²) in [4.78, 5) is 0. The summed E-state index contributed by atoms with van der Waals surface area (Å²) in [5, 5.41) is 0. The first kappa shape index (κ1) is 14.6. The molecule has 0 radical (unpaired) electrons. The number of nitrogens with two attached hydrogens (primary N) is 1. The van der Waals surface area contributed by atoms with E-state index in [-0.39, 0.29) is 0 Å². The van der Waals surface area contributed by atoms with E-state index in [1.165, 1.54) is 0 Å². The van der Waals surface area contributed by atoms with Crippen LogP contribution in [-0.2, 0) is 9.47 Å². The number of methoxy groups -OCH3 is 2. The maximum absolute atomic E-state index is 5.65. The molecule has 0 aliphatic carbocycles. The minimum Gasteiger partial charge on any atom is -0.493 e. The quantitative estimate of drug-likeness (QED) is 0.537. The molecule has 5 nitrogen and oxygen atoms in total. The minimum atomic E-state index is 0.479. The molecule has 2 N–H and O–H groups in total. The van der Waals surface area contributed by atoms with Crippen molar-refractivity contribution in [3.8, 4) is 11.5 Å². The molecule has 1 rings (SSSR count). The Hall–Kier alpha value is -1.46. The molecule has 0 amide bonds. The van der Waals surface area contributed by atoms with Crippen molar-refractivity contribution in [2.24, 2.45) is 0 Å². The van der Waals surface area contributed by atoms with E-state index in [0.717, 1.165) is 6.42 Å². The fourth-order valence-electron chi connectivity index (χ4n) is 1.42. The summed E-state index contributed by atoms with van der Waals surface area (Å²) in [5.41, 5.74) is 6.30. The first-order valence-electron chi connectivity index (χ1n) is 5.91. The van der Waals surface area contributed by atoms with Gasteiger partial charge in [0.1, 0.15) is 6.61 Å². The summed E-state index contributed by atoms with van der Waals surface area (Å²) in [6, 6.07) is 5.30. The Balaban J connectivity index is 2.22. The topological polar surface area (TPSA) is 62.9 Å². The summed E-state index contributed by atoms with van der Waals surface area (Å²) in [6.45, 7) is 2.41. The van der Waals surface area contributed by atoms with E-state index in [4.69, 9.17) is 24.7 Å². The van der Waals surface area contributed by atoms with Gasteiger partial charge >= 0.3 is 0 Å². The maximum atomic E-state index is 5.65. The molecule has 0 aliphatic rings. The molecule has 0 spiro atoms.